The largest absolute Gasteiger partial charge is 0.496 e. The molecular formula is C23H18BrN3O3. The molecule has 30 heavy (non-hydrogen) atoms. The second-order valence-electron chi connectivity index (χ2n) is 6.64. The minimum atomic E-state index is -0.294. The van der Waals surface area contributed by atoms with Gasteiger partial charge in [-0.05, 0) is 64.0 Å². The normalized spacial score (nSPS) is 11.3. The summed E-state index contributed by atoms with van der Waals surface area (Å²) in [5, 5.41) is 5.21. The quantitative estimate of drug-likeness (QED) is 0.275. The Morgan fingerprint density at radius 2 is 1.70 bits per heavy atom. The molecule has 4 rings (SSSR count). The fourth-order valence-corrected chi connectivity index (χ4v) is 3.93. The molecule has 1 aromatic heterocycles. The van der Waals surface area contributed by atoms with Gasteiger partial charge in [-0.25, -0.2) is 5.43 Å². The number of rotatable bonds is 5. The molecule has 1 N–H and O–H groups in total. The minimum Gasteiger partial charge on any atom is -0.496 e. The smallest absolute Gasteiger partial charge is 0.260 e. The highest BCUT2D eigenvalue weighted by Crippen LogP contribution is 2.24. The van der Waals surface area contributed by atoms with Crippen LogP contribution in [0.2, 0.25) is 0 Å². The molecule has 0 bridgehead atoms. The molecule has 0 radical (unpaired) electrons. The van der Waals surface area contributed by atoms with Gasteiger partial charge in [-0.3, -0.25) is 9.59 Å². The first-order chi connectivity index (χ1) is 14.6. The average Bonchev–Trinajstić information content (AvgIpc) is 2.77. The van der Waals surface area contributed by atoms with Crippen LogP contribution in [0.15, 0.2) is 81.1 Å². The number of nitrogens with one attached hydrogen (secondary N) is 1. The molecule has 0 spiro atoms. The number of hydrogen-bond acceptors (Lipinski definition) is 4. The van der Waals surface area contributed by atoms with Crippen molar-refractivity contribution in [3.05, 3.63) is 87.0 Å². The van der Waals surface area contributed by atoms with Crippen molar-refractivity contribution in [3.63, 3.8) is 0 Å². The van der Waals surface area contributed by atoms with Crippen LogP contribution in [0.25, 0.3) is 21.8 Å². The van der Waals surface area contributed by atoms with Crippen LogP contribution < -0.4 is 15.6 Å². The molecule has 0 aliphatic rings. The molecule has 4 aromatic rings. The number of carbonyl (C=O) groups is 1. The maximum atomic E-state index is 12.8. The molecule has 0 saturated carbocycles. The summed E-state index contributed by atoms with van der Waals surface area (Å²) in [5.41, 5.74) is 4.74. The molecule has 3 aromatic carbocycles. The number of amides is 1. The van der Waals surface area contributed by atoms with E-state index in [1.807, 2.05) is 59.2 Å². The Bertz CT molecular complexity index is 1280. The van der Waals surface area contributed by atoms with Crippen LogP contribution in [0, 0.1) is 0 Å². The predicted octanol–water partition coefficient (Wildman–Crippen LogP) is 4.08. The molecule has 7 heteroatoms. The summed E-state index contributed by atoms with van der Waals surface area (Å²) in [6.45, 7) is 0.0327. The molecule has 0 aliphatic heterocycles. The number of aromatic nitrogens is 1. The number of hydrogen-bond donors (Lipinski definition) is 1. The zero-order valence-electron chi connectivity index (χ0n) is 16.1. The summed E-state index contributed by atoms with van der Waals surface area (Å²) < 4.78 is 7.83. The van der Waals surface area contributed by atoms with E-state index in [0.717, 1.165) is 10.0 Å². The maximum absolute atomic E-state index is 12.8. The van der Waals surface area contributed by atoms with Gasteiger partial charge in [-0.1, -0.05) is 24.3 Å². The fraction of sp³-hybridized carbons (Fsp3) is 0.0870. The van der Waals surface area contributed by atoms with Crippen molar-refractivity contribution < 1.29 is 9.53 Å². The van der Waals surface area contributed by atoms with Crippen LogP contribution in [0.5, 0.6) is 5.75 Å². The lowest BCUT2D eigenvalue weighted by molar-refractivity contribution is -0.121. The molecule has 0 atom stereocenters. The molecule has 6 nitrogen and oxygen atoms in total. The Morgan fingerprint density at radius 1 is 1.07 bits per heavy atom. The van der Waals surface area contributed by atoms with E-state index < -0.39 is 0 Å². The van der Waals surface area contributed by atoms with Crippen LogP contribution in [-0.4, -0.2) is 23.8 Å². The number of ether oxygens (including phenoxy) is 1. The number of benzene rings is 3. The number of para-hydroxylation sites is 2. The van der Waals surface area contributed by atoms with Crippen molar-refractivity contribution >= 4 is 49.9 Å². The van der Waals surface area contributed by atoms with Gasteiger partial charge in [-0.15, -0.1) is 0 Å². The number of pyridine rings is 1. The van der Waals surface area contributed by atoms with Crippen LogP contribution in [0.1, 0.15) is 5.56 Å². The highest BCUT2D eigenvalue weighted by molar-refractivity contribution is 9.10. The van der Waals surface area contributed by atoms with Gasteiger partial charge in [0, 0.05) is 10.8 Å². The minimum absolute atomic E-state index is 0.0327. The van der Waals surface area contributed by atoms with Crippen molar-refractivity contribution in [2.24, 2.45) is 5.10 Å². The van der Waals surface area contributed by atoms with Crippen molar-refractivity contribution in [3.8, 4) is 5.75 Å². The summed E-state index contributed by atoms with van der Waals surface area (Å²) in [4.78, 5) is 25.4. The van der Waals surface area contributed by atoms with E-state index in [2.05, 4.69) is 26.5 Å². The number of halogens is 1. The van der Waals surface area contributed by atoms with Crippen LogP contribution in [0.4, 0.5) is 0 Å². The summed E-state index contributed by atoms with van der Waals surface area (Å²) in [6, 6.07) is 20.1. The first-order valence-corrected chi connectivity index (χ1v) is 10.0. The third-order valence-corrected chi connectivity index (χ3v) is 5.38. The molecular weight excluding hydrogens is 446 g/mol. The van der Waals surface area contributed by atoms with Gasteiger partial charge in [-0.2, -0.15) is 5.10 Å². The van der Waals surface area contributed by atoms with E-state index in [9.17, 15) is 9.59 Å². The first kappa shape index (κ1) is 19.8. The maximum Gasteiger partial charge on any atom is 0.260 e. The molecule has 1 heterocycles. The Labute approximate surface area is 180 Å². The highest BCUT2D eigenvalue weighted by Gasteiger charge is 2.12. The van der Waals surface area contributed by atoms with Crippen molar-refractivity contribution in [1.82, 2.24) is 9.99 Å². The number of fused-ring (bicyclic) bond motifs is 2. The average molecular weight is 464 g/mol. The van der Waals surface area contributed by atoms with E-state index >= 15 is 0 Å². The molecule has 0 aliphatic carbocycles. The van der Waals surface area contributed by atoms with Crippen molar-refractivity contribution in [2.75, 3.05) is 7.11 Å². The zero-order chi connectivity index (χ0) is 21.1. The molecule has 0 unspecified atom stereocenters. The first-order valence-electron chi connectivity index (χ1n) is 9.24. The summed E-state index contributed by atoms with van der Waals surface area (Å²) in [5.74, 6) is 0.422. The van der Waals surface area contributed by atoms with Crippen LogP contribution in [-0.2, 0) is 11.3 Å². The van der Waals surface area contributed by atoms with E-state index in [1.54, 1.807) is 25.5 Å². The van der Waals surface area contributed by atoms with Gasteiger partial charge < -0.3 is 9.30 Å². The van der Waals surface area contributed by atoms with Gasteiger partial charge in [0.05, 0.1) is 28.8 Å². The van der Waals surface area contributed by atoms with Gasteiger partial charge >= 0.3 is 0 Å². The number of nitrogens with zero attached hydrogens (tertiary/aromatic N) is 2. The number of hydrazone groups is 1. The number of carbonyl (C=O) groups excluding carboxylic acids is 1. The molecule has 1 amide bonds. The standard InChI is InChI=1S/C23H18BrN3O3/c1-30-21-11-10-15(12-18(21)24)13-25-26-22(28)14-27-19-8-4-2-6-16(19)23(29)17-7-3-5-9-20(17)27/h2-13H,14H2,1H3,(H,26,28)/b25-13-. The second-order valence-corrected chi connectivity index (χ2v) is 7.49. The molecule has 150 valence electrons. The third kappa shape index (κ3) is 3.84. The zero-order valence-corrected chi connectivity index (χ0v) is 17.7. The highest BCUT2D eigenvalue weighted by atomic mass is 79.9. The van der Waals surface area contributed by atoms with Crippen LogP contribution >= 0.6 is 15.9 Å². The summed E-state index contributed by atoms with van der Waals surface area (Å²) in [7, 11) is 1.60. The van der Waals surface area contributed by atoms with E-state index in [4.69, 9.17) is 4.74 Å². The van der Waals surface area contributed by atoms with Gasteiger partial charge in [0.1, 0.15) is 12.3 Å². The Kier molecular flexibility index (Phi) is 5.63. The summed E-state index contributed by atoms with van der Waals surface area (Å²) in [6.07, 6.45) is 1.56. The van der Waals surface area contributed by atoms with E-state index in [-0.39, 0.29) is 17.9 Å². The lowest BCUT2D eigenvalue weighted by Gasteiger charge is -2.14. The fourth-order valence-electron chi connectivity index (χ4n) is 3.37. The lowest BCUT2D eigenvalue weighted by atomic mass is 10.1. The third-order valence-electron chi connectivity index (χ3n) is 4.76. The Balaban J connectivity index is 1.61. The monoisotopic (exact) mass is 463 g/mol. The van der Waals surface area contributed by atoms with Gasteiger partial charge in [0.2, 0.25) is 0 Å². The van der Waals surface area contributed by atoms with E-state index in [1.165, 1.54) is 0 Å². The molecule has 0 fully saturated rings. The number of methoxy groups -OCH3 is 1. The Hall–Kier alpha value is -3.45. The lowest BCUT2D eigenvalue weighted by Crippen LogP contribution is -2.25. The predicted molar refractivity (Wildman–Crippen MR) is 122 cm³/mol. The molecule has 0 saturated heterocycles. The van der Waals surface area contributed by atoms with Crippen molar-refractivity contribution in [1.29, 1.82) is 0 Å². The second kappa shape index (κ2) is 8.51. The van der Waals surface area contributed by atoms with Crippen molar-refractivity contribution in [2.45, 2.75) is 6.54 Å². The van der Waals surface area contributed by atoms with E-state index in [0.29, 0.717) is 27.6 Å². The van der Waals surface area contributed by atoms with Gasteiger partial charge in [0.25, 0.3) is 5.91 Å². The van der Waals surface area contributed by atoms with Crippen LogP contribution in [0.3, 0.4) is 0 Å². The topological polar surface area (TPSA) is 72.7 Å². The Morgan fingerprint density at radius 3 is 2.30 bits per heavy atom. The SMILES string of the molecule is COc1ccc(/C=N\NC(=O)Cn2c3ccccc3c(=O)c3ccccc32)cc1Br. The summed E-state index contributed by atoms with van der Waals surface area (Å²) >= 11 is 3.42. The van der Waals surface area contributed by atoms with Gasteiger partial charge in [0.15, 0.2) is 5.43 Å².